The van der Waals surface area contributed by atoms with Crippen molar-refractivity contribution in [3.8, 4) is 0 Å². The van der Waals surface area contributed by atoms with Crippen LogP contribution in [0.1, 0.15) is 19.8 Å². The lowest BCUT2D eigenvalue weighted by atomic mass is 10.0. The molecule has 1 atom stereocenters. The predicted octanol–water partition coefficient (Wildman–Crippen LogP) is -1.95. The number of rotatable bonds is 2. The SMILES string of the molecule is CC(=O)OC[C@H]1CCC(O)(O)C(O)(O)O1. The smallest absolute Gasteiger partial charge is 0.335 e. The number of aliphatic hydroxyl groups is 4. The fraction of sp³-hybridized carbons (Fsp3) is 0.875. The van der Waals surface area contributed by atoms with Gasteiger partial charge in [0.05, 0.1) is 6.10 Å². The van der Waals surface area contributed by atoms with Crippen LogP contribution in [0.15, 0.2) is 0 Å². The molecule has 0 aromatic carbocycles. The van der Waals surface area contributed by atoms with Gasteiger partial charge in [-0.1, -0.05) is 0 Å². The summed E-state index contributed by atoms with van der Waals surface area (Å²) in [4.78, 5) is 10.5. The third-order valence-electron chi connectivity index (χ3n) is 2.14. The first-order valence-electron chi connectivity index (χ1n) is 4.45. The minimum absolute atomic E-state index is 0.142. The van der Waals surface area contributed by atoms with Crippen LogP contribution in [-0.2, 0) is 14.3 Å². The maximum absolute atomic E-state index is 10.5. The Morgan fingerprint density at radius 2 is 2.07 bits per heavy atom. The number of hydrogen-bond donors (Lipinski definition) is 4. The molecule has 1 aliphatic heterocycles. The minimum atomic E-state index is -3.05. The van der Waals surface area contributed by atoms with Gasteiger partial charge in [0.25, 0.3) is 0 Å². The van der Waals surface area contributed by atoms with E-state index in [2.05, 4.69) is 9.47 Å². The summed E-state index contributed by atoms with van der Waals surface area (Å²) >= 11 is 0. The fourth-order valence-corrected chi connectivity index (χ4v) is 1.24. The van der Waals surface area contributed by atoms with Gasteiger partial charge in [0.2, 0.25) is 5.79 Å². The Kier molecular flexibility index (Phi) is 3.31. The Hall–Kier alpha value is -0.730. The lowest BCUT2D eigenvalue weighted by Crippen LogP contribution is -2.61. The molecule has 0 spiro atoms. The van der Waals surface area contributed by atoms with Crippen molar-refractivity contribution in [3.63, 3.8) is 0 Å². The highest BCUT2D eigenvalue weighted by molar-refractivity contribution is 5.65. The molecule has 88 valence electrons. The standard InChI is InChI=1S/C8H14O7/c1-5(9)14-4-6-2-3-7(10,11)8(12,13)15-6/h6,10-13H,2-4H2,1H3/t6-/m1/s1. The molecule has 4 N–H and O–H groups in total. The van der Waals surface area contributed by atoms with E-state index in [0.717, 1.165) is 0 Å². The van der Waals surface area contributed by atoms with Crippen molar-refractivity contribution in [2.24, 2.45) is 0 Å². The third kappa shape index (κ3) is 2.86. The van der Waals surface area contributed by atoms with Crippen LogP contribution in [0.25, 0.3) is 0 Å². The molecule has 0 saturated carbocycles. The fourth-order valence-electron chi connectivity index (χ4n) is 1.24. The highest BCUT2D eigenvalue weighted by Crippen LogP contribution is 2.32. The van der Waals surface area contributed by atoms with Crippen LogP contribution in [0.5, 0.6) is 0 Å². The molecule has 0 unspecified atom stereocenters. The van der Waals surface area contributed by atoms with Crippen molar-refractivity contribution >= 4 is 5.97 Å². The summed E-state index contributed by atoms with van der Waals surface area (Å²) in [7, 11) is 0. The van der Waals surface area contributed by atoms with Crippen LogP contribution < -0.4 is 0 Å². The summed E-state index contributed by atoms with van der Waals surface area (Å²) in [6.07, 6.45) is -0.911. The minimum Gasteiger partial charge on any atom is -0.463 e. The van der Waals surface area contributed by atoms with Gasteiger partial charge in [0.15, 0.2) is 0 Å². The average Bonchev–Trinajstić information content (AvgIpc) is 2.07. The zero-order valence-corrected chi connectivity index (χ0v) is 8.21. The van der Waals surface area contributed by atoms with Crippen molar-refractivity contribution in [1.29, 1.82) is 0 Å². The van der Waals surface area contributed by atoms with Crippen LogP contribution in [0, 0.1) is 0 Å². The zero-order valence-electron chi connectivity index (χ0n) is 8.21. The topological polar surface area (TPSA) is 116 Å². The second-order valence-electron chi connectivity index (χ2n) is 3.51. The molecule has 7 nitrogen and oxygen atoms in total. The number of esters is 1. The summed E-state index contributed by atoms with van der Waals surface area (Å²) in [5.74, 6) is -6.28. The van der Waals surface area contributed by atoms with E-state index in [0.29, 0.717) is 0 Å². The molecule has 0 aromatic rings. The zero-order chi connectivity index (χ0) is 11.7. The summed E-state index contributed by atoms with van der Waals surface area (Å²) in [5, 5.41) is 36.5. The van der Waals surface area contributed by atoms with Crippen molar-refractivity contribution in [3.05, 3.63) is 0 Å². The van der Waals surface area contributed by atoms with E-state index in [1.54, 1.807) is 0 Å². The highest BCUT2D eigenvalue weighted by Gasteiger charge is 2.53. The molecule has 0 amide bonds. The van der Waals surface area contributed by atoms with Crippen molar-refractivity contribution in [1.82, 2.24) is 0 Å². The lowest BCUT2D eigenvalue weighted by molar-refractivity contribution is -0.486. The van der Waals surface area contributed by atoms with Crippen LogP contribution >= 0.6 is 0 Å². The van der Waals surface area contributed by atoms with Gasteiger partial charge in [-0.3, -0.25) is 4.79 Å². The number of ether oxygens (including phenoxy) is 2. The van der Waals surface area contributed by atoms with Crippen LogP contribution in [-0.4, -0.2) is 50.9 Å². The second-order valence-corrected chi connectivity index (χ2v) is 3.51. The average molecular weight is 222 g/mol. The molecule has 1 rings (SSSR count). The van der Waals surface area contributed by atoms with Crippen LogP contribution in [0.4, 0.5) is 0 Å². The van der Waals surface area contributed by atoms with Gasteiger partial charge in [-0.2, -0.15) is 0 Å². The van der Waals surface area contributed by atoms with Gasteiger partial charge in [0, 0.05) is 13.3 Å². The first-order valence-corrected chi connectivity index (χ1v) is 4.45. The van der Waals surface area contributed by atoms with Crippen molar-refractivity contribution in [2.45, 2.75) is 37.6 Å². The van der Waals surface area contributed by atoms with Gasteiger partial charge in [0.1, 0.15) is 6.61 Å². The van der Waals surface area contributed by atoms with E-state index in [1.807, 2.05) is 0 Å². The van der Waals surface area contributed by atoms with Crippen LogP contribution in [0.3, 0.4) is 0 Å². The number of carbonyl (C=O) groups is 1. The van der Waals surface area contributed by atoms with Crippen molar-refractivity contribution in [2.75, 3.05) is 6.61 Å². The maximum Gasteiger partial charge on any atom is 0.335 e. The molecule has 0 radical (unpaired) electrons. The molecule has 1 aliphatic rings. The molecule has 0 bridgehead atoms. The normalized spacial score (nSPS) is 28.5. The summed E-state index contributed by atoms with van der Waals surface area (Å²) in [6, 6.07) is 0. The summed E-state index contributed by atoms with van der Waals surface area (Å²) in [6.45, 7) is 1.05. The molecule has 15 heavy (non-hydrogen) atoms. The Morgan fingerprint density at radius 1 is 1.47 bits per heavy atom. The van der Waals surface area contributed by atoms with Gasteiger partial charge in [-0.05, 0) is 6.42 Å². The lowest BCUT2D eigenvalue weighted by Gasteiger charge is -2.41. The molecule has 7 heteroatoms. The van der Waals surface area contributed by atoms with Gasteiger partial charge in [-0.25, -0.2) is 0 Å². The van der Waals surface area contributed by atoms with Crippen molar-refractivity contribution < 1.29 is 34.7 Å². The van der Waals surface area contributed by atoms with Gasteiger partial charge < -0.3 is 29.9 Å². The number of carbonyl (C=O) groups excluding carboxylic acids is 1. The first-order chi connectivity index (χ1) is 6.74. The van der Waals surface area contributed by atoms with Gasteiger partial charge >= 0.3 is 11.9 Å². The van der Waals surface area contributed by atoms with E-state index in [4.69, 9.17) is 20.4 Å². The molecular weight excluding hydrogens is 208 g/mol. The Labute approximate surface area is 85.9 Å². The molecule has 1 heterocycles. The summed E-state index contributed by atoms with van der Waals surface area (Å²) < 4.78 is 9.17. The molecule has 1 fully saturated rings. The van der Waals surface area contributed by atoms with Crippen LogP contribution in [0.2, 0.25) is 0 Å². The second kappa shape index (κ2) is 4.03. The van der Waals surface area contributed by atoms with Gasteiger partial charge in [-0.15, -0.1) is 0 Å². The highest BCUT2D eigenvalue weighted by atomic mass is 16.8. The number of hydrogen-bond acceptors (Lipinski definition) is 7. The molecular formula is C8H14O7. The molecule has 1 saturated heterocycles. The Balaban J connectivity index is 2.51. The van der Waals surface area contributed by atoms with E-state index in [-0.39, 0.29) is 19.4 Å². The first kappa shape index (κ1) is 12.3. The van der Waals surface area contributed by atoms with E-state index in [1.165, 1.54) is 6.92 Å². The Bertz CT molecular complexity index is 247. The van der Waals surface area contributed by atoms with E-state index >= 15 is 0 Å². The predicted molar refractivity (Wildman–Crippen MR) is 45.1 cm³/mol. The van der Waals surface area contributed by atoms with E-state index in [9.17, 15) is 4.79 Å². The Morgan fingerprint density at radius 3 is 2.53 bits per heavy atom. The largest absolute Gasteiger partial charge is 0.463 e. The summed E-state index contributed by atoms with van der Waals surface area (Å²) in [5.41, 5.74) is 0. The van der Waals surface area contributed by atoms with E-state index < -0.39 is 23.8 Å². The monoisotopic (exact) mass is 222 g/mol. The maximum atomic E-state index is 10.5. The third-order valence-corrected chi connectivity index (χ3v) is 2.14. The quantitative estimate of drug-likeness (QED) is 0.317. The molecule has 0 aromatic heterocycles. The molecule has 0 aliphatic carbocycles.